The fourth-order valence-electron chi connectivity index (χ4n) is 3.24. The lowest BCUT2D eigenvalue weighted by molar-refractivity contribution is -0.274. The third-order valence-corrected chi connectivity index (χ3v) is 4.25. The van der Waals surface area contributed by atoms with E-state index in [4.69, 9.17) is 0 Å². The number of fused-ring (bicyclic) bond motifs is 1. The lowest BCUT2D eigenvalue weighted by Gasteiger charge is -2.17. The summed E-state index contributed by atoms with van der Waals surface area (Å²) in [4.78, 5) is 11.2. The van der Waals surface area contributed by atoms with Gasteiger partial charge in [0, 0.05) is 34.6 Å². The zero-order chi connectivity index (χ0) is 19.8. The Bertz CT molecular complexity index is 990. The molecule has 0 aliphatic heterocycles. The van der Waals surface area contributed by atoms with Crippen LogP contribution in [0.4, 0.5) is 13.2 Å². The first kappa shape index (κ1) is 18.8. The van der Waals surface area contributed by atoms with E-state index in [1.807, 2.05) is 24.5 Å². The van der Waals surface area contributed by atoms with Crippen molar-refractivity contribution in [3.63, 3.8) is 0 Å². The van der Waals surface area contributed by atoms with E-state index in [0.717, 1.165) is 16.6 Å². The Morgan fingerprint density at radius 1 is 1.15 bits per heavy atom. The second kappa shape index (κ2) is 6.98. The number of halogens is 3. The molecule has 0 saturated carbocycles. The van der Waals surface area contributed by atoms with Gasteiger partial charge in [0.15, 0.2) is 0 Å². The standard InChI is InChI=1S/C20H18F3NO3/c1-12(2)24-16(11-15-9-14(19(25)26)7-8-17(15)24)10-13-5-3-4-6-18(13)27-20(21,22)23/h3-9,11-12H,10H2,1-2H3,(H,25,26). The topological polar surface area (TPSA) is 51.5 Å². The van der Waals surface area contributed by atoms with Gasteiger partial charge >= 0.3 is 12.3 Å². The van der Waals surface area contributed by atoms with Crippen molar-refractivity contribution in [2.75, 3.05) is 0 Å². The maximum Gasteiger partial charge on any atom is 0.573 e. The molecule has 3 rings (SSSR count). The van der Waals surface area contributed by atoms with E-state index in [2.05, 4.69) is 4.74 Å². The average molecular weight is 377 g/mol. The van der Waals surface area contributed by atoms with Gasteiger partial charge < -0.3 is 14.4 Å². The molecule has 3 aromatic rings. The molecule has 2 aromatic carbocycles. The molecule has 0 saturated heterocycles. The molecule has 0 aliphatic carbocycles. The van der Waals surface area contributed by atoms with Gasteiger partial charge in [-0.05, 0) is 44.2 Å². The zero-order valence-corrected chi connectivity index (χ0v) is 14.7. The predicted octanol–water partition coefficient (Wildman–Crippen LogP) is 5.41. The minimum absolute atomic E-state index is 0.0453. The summed E-state index contributed by atoms with van der Waals surface area (Å²) in [7, 11) is 0. The van der Waals surface area contributed by atoms with E-state index in [9.17, 15) is 23.1 Å². The molecule has 0 atom stereocenters. The van der Waals surface area contributed by atoms with Crippen LogP contribution in [0.3, 0.4) is 0 Å². The number of nitrogens with zero attached hydrogens (tertiary/aromatic N) is 1. The van der Waals surface area contributed by atoms with Gasteiger partial charge in [-0.1, -0.05) is 18.2 Å². The summed E-state index contributed by atoms with van der Waals surface area (Å²) in [5.41, 5.74) is 2.17. The van der Waals surface area contributed by atoms with Gasteiger partial charge in [-0.25, -0.2) is 4.79 Å². The highest BCUT2D eigenvalue weighted by atomic mass is 19.4. The number of aromatic nitrogens is 1. The lowest BCUT2D eigenvalue weighted by atomic mass is 10.1. The van der Waals surface area contributed by atoms with Crippen molar-refractivity contribution < 1.29 is 27.8 Å². The summed E-state index contributed by atoms with van der Waals surface area (Å²) in [5, 5.41) is 9.91. The first-order valence-electron chi connectivity index (χ1n) is 8.36. The number of ether oxygens (including phenoxy) is 1. The van der Waals surface area contributed by atoms with Crippen molar-refractivity contribution in [2.24, 2.45) is 0 Å². The van der Waals surface area contributed by atoms with Gasteiger partial charge in [0.1, 0.15) is 5.75 Å². The first-order chi connectivity index (χ1) is 12.7. The second-order valence-corrected chi connectivity index (χ2v) is 6.51. The Morgan fingerprint density at radius 2 is 1.85 bits per heavy atom. The van der Waals surface area contributed by atoms with E-state index in [1.54, 1.807) is 24.3 Å². The van der Waals surface area contributed by atoms with Crippen LogP contribution in [0.1, 0.15) is 41.5 Å². The molecule has 0 aliphatic rings. The number of rotatable bonds is 5. The van der Waals surface area contributed by atoms with E-state index >= 15 is 0 Å². The average Bonchev–Trinajstić information content (AvgIpc) is 2.92. The molecule has 4 nitrogen and oxygen atoms in total. The molecule has 1 heterocycles. The lowest BCUT2D eigenvalue weighted by Crippen LogP contribution is -2.18. The summed E-state index contributed by atoms with van der Waals surface area (Å²) in [6.45, 7) is 3.93. The largest absolute Gasteiger partial charge is 0.573 e. The minimum Gasteiger partial charge on any atom is -0.478 e. The highest BCUT2D eigenvalue weighted by Crippen LogP contribution is 2.31. The van der Waals surface area contributed by atoms with Crippen LogP contribution in [0.25, 0.3) is 10.9 Å². The Labute approximate surface area is 153 Å². The zero-order valence-electron chi connectivity index (χ0n) is 14.7. The van der Waals surface area contributed by atoms with Gasteiger partial charge in [0.05, 0.1) is 5.56 Å². The third-order valence-electron chi connectivity index (χ3n) is 4.25. The fourth-order valence-corrected chi connectivity index (χ4v) is 3.24. The normalized spacial score (nSPS) is 11.9. The van der Waals surface area contributed by atoms with E-state index < -0.39 is 12.3 Å². The molecule has 0 spiro atoms. The van der Waals surface area contributed by atoms with Crippen LogP contribution in [0.15, 0.2) is 48.5 Å². The SMILES string of the molecule is CC(C)n1c(Cc2ccccc2OC(F)(F)F)cc2cc(C(=O)O)ccc21. The predicted molar refractivity (Wildman–Crippen MR) is 95.2 cm³/mol. The number of carboxylic acid groups (broad SMARTS) is 1. The molecule has 1 N–H and O–H groups in total. The van der Waals surface area contributed by atoms with Crippen LogP contribution in [-0.4, -0.2) is 22.0 Å². The molecule has 27 heavy (non-hydrogen) atoms. The Kier molecular flexibility index (Phi) is 4.87. The van der Waals surface area contributed by atoms with Gasteiger partial charge in [-0.2, -0.15) is 0 Å². The maximum absolute atomic E-state index is 12.7. The van der Waals surface area contributed by atoms with Crippen molar-refractivity contribution in [2.45, 2.75) is 32.7 Å². The van der Waals surface area contributed by atoms with Crippen LogP contribution < -0.4 is 4.74 Å². The smallest absolute Gasteiger partial charge is 0.478 e. The number of carbonyl (C=O) groups is 1. The summed E-state index contributed by atoms with van der Waals surface area (Å²) in [6, 6.07) is 12.7. The van der Waals surface area contributed by atoms with Crippen LogP contribution in [-0.2, 0) is 6.42 Å². The van der Waals surface area contributed by atoms with E-state index in [-0.39, 0.29) is 23.8 Å². The minimum atomic E-state index is -4.77. The van der Waals surface area contributed by atoms with Crippen LogP contribution in [0.2, 0.25) is 0 Å². The molecular weight excluding hydrogens is 359 g/mol. The van der Waals surface area contributed by atoms with Gasteiger partial charge in [-0.15, -0.1) is 13.2 Å². The summed E-state index contributed by atoms with van der Waals surface area (Å²) in [6.07, 6.45) is -4.54. The number of para-hydroxylation sites is 1. The molecule has 142 valence electrons. The van der Waals surface area contributed by atoms with Crippen molar-refractivity contribution in [3.05, 3.63) is 65.4 Å². The van der Waals surface area contributed by atoms with Gasteiger partial charge in [0.25, 0.3) is 0 Å². The number of alkyl halides is 3. The Morgan fingerprint density at radius 3 is 2.48 bits per heavy atom. The van der Waals surface area contributed by atoms with Crippen LogP contribution in [0.5, 0.6) is 5.75 Å². The number of hydrogen-bond donors (Lipinski definition) is 1. The fraction of sp³-hybridized carbons (Fsp3) is 0.250. The van der Waals surface area contributed by atoms with Crippen molar-refractivity contribution in [3.8, 4) is 5.75 Å². The number of hydrogen-bond acceptors (Lipinski definition) is 2. The quantitative estimate of drug-likeness (QED) is 0.647. The Hall–Kier alpha value is -2.96. The molecule has 0 bridgehead atoms. The molecule has 7 heteroatoms. The van der Waals surface area contributed by atoms with E-state index in [0.29, 0.717) is 5.56 Å². The molecule has 0 amide bonds. The third kappa shape index (κ3) is 4.07. The summed E-state index contributed by atoms with van der Waals surface area (Å²) < 4.78 is 44.2. The summed E-state index contributed by atoms with van der Waals surface area (Å²) >= 11 is 0. The molecule has 1 aromatic heterocycles. The van der Waals surface area contributed by atoms with E-state index in [1.165, 1.54) is 18.2 Å². The Balaban J connectivity index is 2.07. The maximum atomic E-state index is 12.7. The first-order valence-corrected chi connectivity index (χ1v) is 8.36. The highest BCUT2D eigenvalue weighted by Gasteiger charge is 2.32. The summed E-state index contributed by atoms with van der Waals surface area (Å²) in [5.74, 6) is -1.27. The molecule has 0 unspecified atom stereocenters. The molecule has 0 radical (unpaired) electrons. The molecular formula is C20H18F3NO3. The monoisotopic (exact) mass is 377 g/mol. The van der Waals surface area contributed by atoms with Crippen molar-refractivity contribution >= 4 is 16.9 Å². The second-order valence-electron chi connectivity index (χ2n) is 6.51. The number of aromatic carboxylic acids is 1. The van der Waals surface area contributed by atoms with Gasteiger partial charge in [0.2, 0.25) is 0 Å². The molecule has 0 fully saturated rings. The van der Waals surface area contributed by atoms with Crippen molar-refractivity contribution in [1.82, 2.24) is 4.57 Å². The highest BCUT2D eigenvalue weighted by molar-refractivity contribution is 5.94. The van der Waals surface area contributed by atoms with Gasteiger partial charge in [-0.3, -0.25) is 0 Å². The number of benzene rings is 2. The van der Waals surface area contributed by atoms with Crippen LogP contribution in [0, 0.1) is 0 Å². The number of carboxylic acids is 1. The van der Waals surface area contributed by atoms with Crippen molar-refractivity contribution in [1.29, 1.82) is 0 Å². The van der Waals surface area contributed by atoms with Crippen LogP contribution >= 0.6 is 0 Å².